The Bertz CT molecular complexity index is 409. The Kier molecular flexibility index (Phi) is 4.77. The molecule has 0 amide bonds. The largest absolute Gasteiger partial charge is 0.374 e. The summed E-state index contributed by atoms with van der Waals surface area (Å²) in [6.45, 7) is 3.45. The van der Waals surface area contributed by atoms with E-state index in [4.69, 9.17) is 23.2 Å². The molecule has 0 saturated carbocycles. The van der Waals surface area contributed by atoms with E-state index in [2.05, 4.69) is 30.0 Å². The van der Waals surface area contributed by atoms with Gasteiger partial charge in [-0.05, 0) is 38.1 Å². The predicted octanol–water partition coefficient (Wildman–Crippen LogP) is 3.47. The van der Waals surface area contributed by atoms with Gasteiger partial charge in [0.15, 0.2) is 0 Å². The second-order valence-electron chi connectivity index (χ2n) is 5.17. The van der Waals surface area contributed by atoms with Gasteiger partial charge in [-0.15, -0.1) is 11.6 Å². The monoisotopic (exact) mass is 286 g/mol. The lowest BCUT2D eigenvalue weighted by Gasteiger charge is -2.25. The number of hydrogen-bond acceptors (Lipinski definition) is 2. The first-order chi connectivity index (χ1) is 8.61. The molecule has 18 heavy (non-hydrogen) atoms. The summed E-state index contributed by atoms with van der Waals surface area (Å²) in [5.74, 6) is 1.20. The Labute approximate surface area is 119 Å². The van der Waals surface area contributed by atoms with Crippen LogP contribution in [-0.4, -0.2) is 38.6 Å². The summed E-state index contributed by atoms with van der Waals surface area (Å²) in [5.41, 5.74) is 2.20. The fourth-order valence-corrected chi connectivity index (χ4v) is 3.28. The first kappa shape index (κ1) is 14.0. The zero-order chi connectivity index (χ0) is 13.1. The molecule has 0 radical (unpaired) electrons. The molecule has 1 aliphatic rings. The molecule has 0 aliphatic carbocycles. The first-order valence-electron chi connectivity index (χ1n) is 6.35. The van der Waals surface area contributed by atoms with Gasteiger partial charge in [0.25, 0.3) is 0 Å². The molecule has 1 atom stereocenters. The van der Waals surface area contributed by atoms with Gasteiger partial charge in [0.1, 0.15) is 0 Å². The Hall–Kier alpha value is -0.440. The van der Waals surface area contributed by atoms with E-state index < -0.39 is 0 Å². The summed E-state index contributed by atoms with van der Waals surface area (Å²) in [4.78, 5) is 4.67. The molecule has 1 saturated heterocycles. The summed E-state index contributed by atoms with van der Waals surface area (Å²) in [7, 11) is 4.31. The van der Waals surface area contributed by atoms with Crippen LogP contribution in [0.1, 0.15) is 12.0 Å². The third kappa shape index (κ3) is 3.11. The van der Waals surface area contributed by atoms with Crippen molar-refractivity contribution in [1.29, 1.82) is 0 Å². The molecule has 1 aliphatic heterocycles. The van der Waals surface area contributed by atoms with Crippen molar-refractivity contribution in [2.75, 3.05) is 38.6 Å². The maximum atomic E-state index is 6.19. The van der Waals surface area contributed by atoms with Crippen molar-refractivity contribution in [3.8, 4) is 0 Å². The summed E-state index contributed by atoms with van der Waals surface area (Å²) >= 11 is 12.2. The normalized spacial score (nSPS) is 20.3. The van der Waals surface area contributed by atoms with Gasteiger partial charge in [0.2, 0.25) is 0 Å². The molecule has 0 spiro atoms. The van der Waals surface area contributed by atoms with Crippen LogP contribution in [0.4, 0.5) is 5.69 Å². The van der Waals surface area contributed by atoms with Crippen LogP contribution in [0.25, 0.3) is 0 Å². The smallest absolute Gasteiger partial charge is 0.0509 e. The van der Waals surface area contributed by atoms with E-state index >= 15 is 0 Å². The standard InChI is InChI=1S/C14H20Cl2N2/c1-17-7-6-11(9-17)10-18(2)14-5-3-4-13(16)12(14)8-15/h3-5,11H,6-10H2,1-2H3. The van der Waals surface area contributed by atoms with Gasteiger partial charge in [-0.2, -0.15) is 0 Å². The molecule has 2 nitrogen and oxygen atoms in total. The highest BCUT2D eigenvalue weighted by Crippen LogP contribution is 2.29. The maximum Gasteiger partial charge on any atom is 0.0509 e. The summed E-state index contributed by atoms with van der Waals surface area (Å²) in [6.07, 6.45) is 1.28. The number of halogens is 2. The highest BCUT2D eigenvalue weighted by Gasteiger charge is 2.21. The summed E-state index contributed by atoms with van der Waals surface area (Å²) < 4.78 is 0. The van der Waals surface area contributed by atoms with Gasteiger partial charge >= 0.3 is 0 Å². The van der Waals surface area contributed by atoms with Crippen LogP contribution in [0.2, 0.25) is 5.02 Å². The Morgan fingerprint density at radius 3 is 2.83 bits per heavy atom. The van der Waals surface area contributed by atoms with Gasteiger partial charge in [-0.1, -0.05) is 17.7 Å². The maximum absolute atomic E-state index is 6.19. The lowest BCUT2D eigenvalue weighted by atomic mass is 10.1. The molecule has 4 heteroatoms. The average Bonchev–Trinajstić information content (AvgIpc) is 2.74. The van der Waals surface area contributed by atoms with E-state index in [0.29, 0.717) is 5.88 Å². The van der Waals surface area contributed by atoms with E-state index in [1.54, 1.807) is 0 Å². The van der Waals surface area contributed by atoms with Crippen molar-refractivity contribution >= 4 is 28.9 Å². The summed E-state index contributed by atoms with van der Waals surface area (Å²) in [6, 6.07) is 5.99. The Morgan fingerprint density at radius 1 is 1.44 bits per heavy atom. The van der Waals surface area contributed by atoms with Gasteiger partial charge in [0.05, 0.1) is 5.88 Å². The zero-order valence-corrected chi connectivity index (χ0v) is 12.5. The van der Waals surface area contributed by atoms with E-state index in [1.165, 1.54) is 19.5 Å². The van der Waals surface area contributed by atoms with E-state index in [-0.39, 0.29) is 0 Å². The molecule has 1 heterocycles. The van der Waals surface area contributed by atoms with Crippen molar-refractivity contribution in [1.82, 2.24) is 4.90 Å². The van der Waals surface area contributed by atoms with Crippen LogP contribution < -0.4 is 4.90 Å². The number of rotatable bonds is 4. The van der Waals surface area contributed by atoms with Gasteiger partial charge in [-0.25, -0.2) is 0 Å². The number of anilines is 1. The van der Waals surface area contributed by atoms with E-state index in [0.717, 1.165) is 28.7 Å². The van der Waals surface area contributed by atoms with Crippen molar-refractivity contribution in [3.63, 3.8) is 0 Å². The SMILES string of the molecule is CN1CCC(CN(C)c2cccc(Cl)c2CCl)C1. The minimum absolute atomic E-state index is 0.462. The minimum atomic E-state index is 0.462. The van der Waals surface area contributed by atoms with Crippen LogP contribution in [0.5, 0.6) is 0 Å². The molecule has 0 aromatic heterocycles. The van der Waals surface area contributed by atoms with Crippen LogP contribution in [-0.2, 0) is 5.88 Å². The third-order valence-corrected chi connectivity index (χ3v) is 4.28. The van der Waals surface area contributed by atoms with Crippen LogP contribution in [0, 0.1) is 5.92 Å². The minimum Gasteiger partial charge on any atom is -0.374 e. The molecule has 1 fully saturated rings. The van der Waals surface area contributed by atoms with E-state index in [9.17, 15) is 0 Å². The molecule has 1 aromatic carbocycles. The first-order valence-corrected chi connectivity index (χ1v) is 7.26. The molecule has 2 rings (SSSR count). The predicted molar refractivity (Wildman–Crippen MR) is 79.9 cm³/mol. The topological polar surface area (TPSA) is 6.48 Å². The average molecular weight is 287 g/mol. The van der Waals surface area contributed by atoms with Crippen molar-refractivity contribution < 1.29 is 0 Å². The molecule has 1 aromatic rings. The number of alkyl halides is 1. The van der Waals surface area contributed by atoms with Crippen molar-refractivity contribution in [2.45, 2.75) is 12.3 Å². The number of nitrogens with zero attached hydrogens (tertiary/aromatic N) is 2. The quantitative estimate of drug-likeness (QED) is 0.782. The third-order valence-electron chi connectivity index (χ3n) is 3.66. The fraction of sp³-hybridized carbons (Fsp3) is 0.571. The number of benzene rings is 1. The van der Waals surface area contributed by atoms with Gasteiger partial charge in [0, 0.05) is 36.4 Å². The van der Waals surface area contributed by atoms with Crippen LogP contribution >= 0.6 is 23.2 Å². The number of likely N-dealkylation sites (tertiary alicyclic amines) is 1. The molecular formula is C14H20Cl2N2. The molecular weight excluding hydrogens is 267 g/mol. The lowest BCUT2D eigenvalue weighted by Crippen LogP contribution is -2.27. The Morgan fingerprint density at radius 2 is 2.22 bits per heavy atom. The van der Waals surface area contributed by atoms with Gasteiger partial charge in [-0.3, -0.25) is 0 Å². The molecule has 0 N–H and O–H groups in total. The number of hydrogen-bond donors (Lipinski definition) is 0. The molecule has 0 bridgehead atoms. The molecule has 1 unspecified atom stereocenters. The van der Waals surface area contributed by atoms with Crippen LogP contribution in [0.15, 0.2) is 18.2 Å². The van der Waals surface area contributed by atoms with Crippen molar-refractivity contribution in [2.24, 2.45) is 5.92 Å². The zero-order valence-electron chi connectivity index (χ0n) is 11.0. The van der Waals surface area contributed by atoms with E-state index in [1.807, 2.05) is 12.1 Å². The molecule has 100 valence electrons. The summed E-state index contributed by atoms with van der Waals surface area (Å²) in [5, 5.41) is 0.762. The lowest BCUT2D eigenvalue weighted by molar-refractivity contribution is 0.396. The second kappa shape index (κ2) is 6.14. The van der Waals surface area contributed by atoms with Gasteiger partial charge < -0.3 is 9.80 Å². The highest BCUT2D eigenvalue weighted by molar-refractivity contribution is 6.32. The van der Waals surface area contributed by atoms with Crippen molar-refractivity contribution in [3.05, 3.63) is 28.8 Å². The van der Waals surface area contributed by atoms with Crippen LogP contribution in [0.3, 0.4) is 0 Å². The Balaban J connectivity index is 2.08. The highest BCUT2D eigenvalue weighted by atomic mass is 35.5. The second-order valence-corrected chi connectivity index (χ2v) is 5.84. The fourth-order valence-electron chi connectivity index (χ4n) is 2.70.